The van der Waals surface area contributed by atoms with E-state index in [4.69, 9.17) is 4.74 Å². The van der Waals surface area contributed by atoms with E-state index >= 15 is 0 Å². The molecule has 1 aliphatic carbocycles. The van der Waals surface area contributed by atoms with Crippen molar-refractivity contribution in [1.82, 2.24) is 14.9 Å². The van der Waals surface area contributed by atoms with Crippen LogP contribution in [0.1, 0.15) is 36.8 Å². The summed E-state index contributed by atoms with van der Waals surface area (Å²) >= 11 is 0. The summed E-state index contributed by atoms with van der Waals surface area (Å²) in [6, 6.07) is 17.0. The average Bonchev–Trinajstić information content (AvgIpc) is 3.37. The lowest BCUT2D eigenvalue weighted by atomic mass is 10.2. The summed E-state index contributed by atoms with van der Waals surface area (Å²) in [6.07, 6.45) is 10.9. The van der Waals surface area contributed by atoms with Crippen molar-refractivity contribution in [3.05, 3.63) is 78.4 Å². The zero-order valence-corrected chi connectivity index (χ0v) is 16.2. The van der Waals surface area contributed by atoms with E-state index in [0.29, 0.717) is 6.10 Å². The summed E-state index contributed by atoms with van der Waals surface area (Å²) < 4.78 is 8.10. The first-order chi connectivity index (χ1) is 12.9. The Kier molecular flexibility index (Phi) is 6.91. The van der Waals surface area contributed by atoms with Crippen molar-refractivity contribution in [2.75, 3.05) is 0 Å². The fourth-order valence-corrected chi connectivity index (χ4v) is 3.48. The number of benzene rings is 2. The van der Waals surface area contributed by atoms with Crippen LogP contribution < -0.4 is 10.1 Å². The van der Waals surface area contributed by atoms with Crippen LogP contribution in [0.4, 0.5) is 0 Å². The summed E-state index contributed by atoms with van der Waals surface area (Å²) in [6.45, 7) is 1.68. The highest BCUT2D eigenvalue weighted by molar-refractivity contribution is 5.85. The zero-order chi connectivity index (χ0) is 17.6. The number of halogens is 1. The summed E-state index contributed by atoms with van der Waals surface area (Å²) in [5.74, 6) is 1.00. The summed E-state index contributed by atoms with van der Waals surface area (Å²) in [5, 5.41) is 3.52. The number of hydrogen-bond acceptors (Lipinski definition) is 3. The maximum atomic E-state index is 6.09. The predicted octanol–water partition coefficient (Wildman–Crippen LogP) is 4.91. The summed E-state index contributed by atoms with van der Waals surface area (Å²) in [5.41, 5.74) is 3.66. The molecule has 0 bridgehead atoms. The Labute approximate surface area is 167 Å². The molecule has 1 fully saturated rings. The van der Waals surface area contributed by atoms with Crippen molar-refractivity contribution in [3.8, 4) is 11.4 Å². The molecule has 0 aliphatic heterocycles. The lowest BCUT2D eigenvalue weighted by Gasteiger charge is -2.14. The van der Waals surface area contributed by atoms with Gasteiger partial charge in [0.15, 0.2) is 0 Å². The molecule has 1 N–H and O–H groups in total. The molecule has 1 aliphatic rings. The Morgan fingerprint density at radius 2 is 1.78 bits per heavy atom. The van der Waals surface area contributed by atoms with Crippen molar-refractivity contribution >= 4 is 12.4 Å². The smallest absolute Gasteiger partial charge is 0.120 e. The molecule has 0 amide bonds. The number of rotatable bonds is 7. The van der Waals surface area contributed by atoms with Gasteiger partial charge in [0.25, 0.3) is 0 Å². The summed E-state index contributed by atoms with van der Waals surface area (Å²) in [4.78, 5) is 4.08. The van der Waals surface area contributed by atoms with Gasteiger partial charge in [-0.1, -0.05) is 24.3 Å². The second-order valence-electron chi connectivity index (χ2n) is 6.91. The SMILES string of the molecule is Cl.c1cc(CNCc2ccc(-n3ccnc3)cc2)cc(OC2CCCC2)c1. The number of aromatic nitrogens is 2. The Balaban J connectivity index is 0.00000210. The van der Waals surface area contributed by atoms with E-state index in [1.54, 1.807) is 6.20 Å². The first kappa shape index (κ1) is 19.5. The van der Waals surface area contributed by atoms with Gasteiger partial charge in [0.2, 0.25) is 0 Å². The highest BCUT2D eigenvalue weighted by Gasteiger charge is 2.16. The van der Waals surface area contributed by atoms with E-state index in [2.05, 4.69) is 58.8 Å². The number of nitrogens with zero attached hydrogens (tertiary/aromatic N) is 2. The minimum Gasteiger partial charge on any atom is -0.490 e. The van der Waals surface area contributed by atoms with Crippen molar-refractivity contribution in [2.24, 2.45) is 0 Å². The highest BCUT2D eigenvalue weighted by atomic mass is 35.5. The van der Waals surface area contributed by atoms with Gasteiger partial charge in [-0.05, 0) is 61.1 Å². The van der Waals surface area contributed by atoms with Crippen LogP contribution in [0.25, 0.3) is 5.69 Å². The molecular formula is C22H26ClN3O. The Morgan fingerprint density at radius 3 is 2.52 bits per heavy atom. The fraction of sp³-hybridized carbons (Fsp3) is 0.318. The van der Waals surface area contributed by atoms with Crippen molar-refractivity contribution in [3.63, 3.8) is 0 Å². The minimum absolute atomic E-state index is 0. The number of hydrogen-bond donors (Lipinski definition) is 1. The maximum absolute atomic E-state index is 6.09. The van der Waals surface area contributed by atoms with E-state index < -0.39 is 0 Å². The average molecular weight is 384 g/mol. The van der Waals surface area contributed by atoms with Crippen LogP contribution in [0.3, 0.4) is 0 Å². The zero-order valence-electron chi connectivity index (χ0n) is 15.4. The van der Waals surface area contributed by atoms with Crippen LogP contribution in [-0.4, -0.2) is 15.7 Å². The first-order valence-corrected chi connectivity index (χ1v) is 9.40. The van der Waals surface area contributed by atoms with Gasteiger partial charge in [-0.25, -0.2) is 4.98 Å². The molecular weight excluding hydrogens is 358 g/mol. The quantitative estimate of drug-likeness (QED) is 0.630. The van der Waals surface area contributed by atoms with Crippen molar-refractivity contribution in [1.29, 1.82) is 0 Å². The second kappa shape index (κ2) is 9.58. The number of ether oxygens (including phenoxy) is 1. The molecule has 1 saturated carbocycles. The largest absolute Gasteiger partial charge is 0.490 e. The summed E-state index contributed by atoms with van der Waals surface area (Å²) in [7, 11) is 0. The molecule has 3 aromatic rings. The van der Waals surface area contributed by atoms with Crippen LogP contribution in [0.15, 0.2) is 67.3 Å². The highest BCUT2D eigenvalue weighted by Crippen LogP contribution is 2.24. The maximum Gasteiger partial charge on any atom is 0.120 e. The van der Waals surface area contributed by atoms with E-state index in [0.717, 1.165) is 24.5 Å². The Hall–Kier alpha value is -2.30. The standard InChI is InChI=1S/C22H25N3O.ClH/c1-2-6-21(5-1)26-22-7-3-4-19(14-22)16-24-15-18-8-10-20(11-9-18)25-13-12-23-17-25;/h3-4,7-14,17,21,24H,1-2,5-6,15-16H2;1H. The molecule has 27 heavy (non-hydrogen) atoms. The molecule has 0 atom stereocenters. The minimum atomic E-state index is 0. The van der Waals surface area contributed by atoms with Gasteiger partial charge in [0.05, 0.1) is 12.4 Å². The van der Waals surface area contributed by atoms with Crippen LogP contribution in [0.2, 0.25) is 0 Å². The first-order valence-electron chi connectivity index (χ1n) is 9.40. The molecule has 1 aromatic heterocycles. The lowest BCUT2D eigenvalue weighted by Crippen LogP contribution is -2.14. The number of imidazole rings is 1. The Bertz CT molecular complexity index is 812. The van der Waals surface area contributed by atoms with E-state index in [1.165, 1.54) is 36.8 Å². The number of nitrogens with one attached hydrogen (secondary N) is 1. The third-order valence-electron chi connectivity index (χ3n) is 4.90. The van der Waals surface area contributed by atoms with Gasteiger partial charge < -0.3 is 14.6 Å². The Morgan fingerprint density at radius 1 is 1.00 bits per heavy atom. The molecule has 1 heterocycles. The van der Waals surface area contributed by atoms with Gasteiger partial charge in [-0.15, -0.1) is 12.4 Å². The van der Waals surface area contributed by atoms with Crippen molar-refractivity contribution in [2.45, 2.75) is 44.9 Å². The molecule has 0 spiro atoms. The molecule has 142 valence electrons. The molecule has 0 radical (unpaired) electrons. The molecule has 0 unspecified atom stereocenters. The van der Waals surface area contributed by atoms with Crippen LogP contribution in [-0.2, 0) is 13.1 Å². The van der Waals surface area contributed by atoms with Crippen LogP contribution >= 0.6 is 12.4 Å². The molecule has 4 nitrogen and oxygen atoms in total. The molecule has 2 aromatic carbocycles. The van der Waals surface area contributed by atoms with E-state index in [1.807, 2.05) is 17.1 Å². The molecule has 4 rings (SSSR count). The molecule has 0 saturated heterocycles. The fourth-order valence-electron chi connectivity index (χ4n) is 3.48. The second-order valence-corrected chi connectivity index (χ2v) is 6.91. The third-order valence-corrected chi connectivity index (χ3v) is 4.90. The van der Waals surface area contributed by atoms with Gasteiger partial charge in [0.1, 0.15) is 5.75 Å². The normalized spacial score (nSPS) is 14.1. The van der Waals surface area contributed by atoms with Gasteiger partial charge in [-0.2, -0.15) is 0 Å². The van der Waals surface area contributed by atoms with Gasteiger partial charge in [-0.3, -0.25) is 0 Å². The lowest BCUT2D eigenvalue weighted by molar-refractivity contribution is 0.210. The van der Waals surface area contributed by atoms with E-state index in [-0.39, 0.29) is 12.4 Å². The molecule has 5 heteroatoms. The van der Waals surface area contributed by atoms with Crippen LogP contribution in [0, 0.1) is 0 Å². The van der Waals surface area contributed by atoms with Gasteiger partial charge in [0, 0.05) is 31.2 Å². The van der Waals surface area contributed by atoms with Crippen LogP contribution in [0.5, 0.6) is 5.75 Å². The van der Waals surface area contributed by atoms with Crippen molar-refractivity contribution < 1.29 is 4.74 Å². The third kappa shape index (κ3) is 5.34. The van der Waals surface area contributed by atoms with E-state index in [9.17, 15) is 0 Å². The monoisotopic (exact) mass is 383 g/mol. The van der Waals surface area contributed by atoms with Gasteiger partial charge >= 0.3 is 0 Å². The predicted molar refractivity (Wildman–Crippen MR) is 111 cm³/mol. The topological polar surface area (TPSA) is 39.1 Å².